The molecule has 66 valence electrons. The Bertz CT molecular complexity index is 299. The van der Waals surface area contributed by atoms with Crippen LogP contribution in [-0.2, 0) is 0 Å². The summed E-state index contributed by atoms with van der Waals surface area (Å²) < 4.78 is 26.1. The standard InChI is InChI=1S/C8H6BrF2I/c1-4-2-5(8(10)11)7(12)3-6(4)9/h2-3,8H,1H3. The van der Waals surface area contributed by atoms with Crippen molar-refractivity contribution in [3.8, 4) is 0 Å². The summed E-state index contributed by atoms with van der Waals surface area (Å²) in [6.45, 7) is 1.80. The van der Waals surface area contributed by atoms with Gasteiger partial charge in [-0.25, -0.2) is 8.78 Å². The van der Waals surface area contributed by atoms with Crippen LogP contribution in [0.15, 0.2) is 16.6 Å². The second-order valence-electron chi connectivity index (χ2n) is 2.42. The first-order chi connectivity index (χ1) is 5.52. The highest BCUT2D eigenvalue weighted by molar-refractivity contribution is 14.1. The zero-order valence-electron chi connectivity index (χ0n) is 6.24. The molecule has 0 aromatic heterocycles. The van der Waals surface area contributed by atoms with Crippen LogP contribution < -0.4 is 0 Å². The summed E-state index contributed by atoms with van der Waals surface area (Å²) in [5.74, 6) is 0. The molecule has 0 saturated heterocycles. The second-order valence-corrected chi connectivity index (χ2v) is 4.44. The zero-order chi connectivity index (χ0) is 9.30. The lowest BCUT2D eigenvalue weighted by atomic mass is 10.1. The summed E-state index contributed by atoms with van der Waals surface area (Å²) in [6, 6.07) is 3.22. The highest BCUT2D eigenvalue weighted by Crippen LogP contribution is 2.29. The monoisotopic (exact) mass is 346 g/mol. The lowest BCUT2D eigenvalue weighted by Crippen LogP contribution is -1.91. The fourth-order valence-electron chi connectivity index (χ4n) is 0.847. The maximum Gasteiger partial charge on any atom is 0.264 e. The molecule has 0 fully saturated rings. The molecule has 0 atom stereocenters. The normalized spacial score (nSPS) is 10.8. The third-order valence-electron chi connectivity index (χ3n) is 1.51. The topological polar surface area (TPSA) is 0 Å². The molecule has 0 radical (unpaired) electrons. The van der Waals surface area contributed by atoms with E-state index in [4.69, 9.17) is 0 Å². The van der Waals surface area contributed by atoms with Crippen LogP contribution in [0.25, 0.3) is 0 Å². The lowest BCUT2D eigenvalue weighted by molar-refractivity contribution is 0.150. The summed E-state index contributed by atoms with van der Waals surface area (Å²) in [5.41, 5.74) is 0.946. The molecule has 0 amide bonds. The Labute approximate surface area is 91.6 Å². The van der Waals surface area contributed by atoms with Gasteiger partial charge in [-0.3, -0.25) is 0 Å². The van der Waals surface area contributed by atoms with Crippen molar-refractivity contribution < 1.29 is 8.78 Å². The second kappa shape index (κ2) is 4.00. The van der Waals surface area contributed by atoms with E-state index >= 15 is 0 Å². The first-order valence-corrected chi connectivity index (χ1v) is 5.13. The average Bonchev–Trinajstić information content (AvgIpc) is 1.96. The highest BCUT2D eigenvalue weighted by Gasteiger charge is 2.12. The van der Waals surface area contributed by atoms with Crippen molar-refractivity contribution >= 4 is 38.5 Å². The molecule has 0 bridgehead atoms. The van der Waals surface area contributed by atoms with E-state index in [0.717, 1.165) is 10.0 Å². The maximum absolute atomic E-state index is 12.3. The maximum atomic E-state index is 12.3. The number of halogens is 4. The predicted octanol–water partition coefficient (Wildman–Crippen LogP) is 4.30. The van der Waals surface area contributed by atoms with Gasteiger partial charge in [-0.05, 0) is 47.2 Å². The highest BCUT2D eigenvalue weighted by atomic mass is 127. The summed E-state index contributed by atoms with van der Waals surface area (Å²) in [5, 5.41) is 0. The van der Waals surface area contributed by atoms with E-state index in [1.54, 1.807) is 13.0 Å². The Morgan fingerprint density at radius 3 is 2.50 bits per heavy atom. The Morgan fingerprint density at radius 1 is 1.42 bits per heavy atom. The van der Waals surface area contributed by atoms with Crippen LogP contribution in [-0.4, -0.2) is 0 Å². The van der Waals surface area contributed by atoms with Crippen LogP contribution in [0, 0.1) is 10.5 Å². The van der Waals surface area contributed by atoms with Gasteiger partial charge >= 0.3 is 0 Å². The molecule has 0 aliphatic heterocycles. The fourth-order valence-corrected chi connectivity index (χ4v) is 2.32. The van der Waals surface area contributed by atoms with Crippen molar-refractivity contribution in [2.75, 3.05) is 0 Å². The van der Waals surface area contributed by atoms with E-state index in [1.165, 1.54) is 6.07 Å². The van der Waals surface area contributed by atoms with E-state index in [-0.39, 0.29) is 5.56 Å². The van der Waals surface area contributed by atoms with Crippen LogP contribution in [0.4, 0.5) is 8.78 Å². The molecule has 0 nitrogen and oxygen atoms in total. The van der Waals surface area contributed by atoms with Crippen molar-refractivity contribution in [2.45, 2.75) is 13.3 Å². The molecule has 0 heterocycles. The van der Waals surface area contributed by atoms with Gasteiger partial charge in [-0.1, -0.05) is 15.9 Å². The van der Waals surface area contributed by atoms with Gasteiger partial charge in [0.15, 0.2) is 0 Å². The Kier molecular flexibility index (Phi) is 3.46. The van der Waals surface area contributed by atoms with Gasteiger partial charge in [-0.2, -0.15) is 0 Å². The van der Waals surface area contributed by atoms with Crippen molar-refractivity contribution in [1.29, 1.82) is 0 Å². The molecule has 0 saturated carbocycles. The summed E-state index contributed by atoms with van der Waals surface area (Å²) in [7, 11) is 0. The van der Waals surface area contributed by atoms with E-state index in [9.17, 15) is 8.78 Å². The minimum absolute atomic E-state index is 0.108. The minimum Gasteiger partial charge on any atom is -0.205 e. The van der Waals surface area contributed by atoms with E-state index in [2.05, 4.69) is 15.9 Å². The number of rotatable bonds is 1. The predicted molar refractivity (Wildman–Crippen MR) is 56.6 cm³/mol. The third kappa shape index (κ3) is 2.16. The van der Waals surface area contributed by atoms with Gasteiger partial charge in [0.2, 0.25) is 0 Å². The zero-order valence-corrected chi connectivity index (χ0v) is 9.99. The summed E-state index contributed by atoms with van der Waals surface area (Å²) in [6.07, 6.45) is -2.39. The molecular formula is C8H6BrF2I. The lowest BCUT2D eigenvalue weighted by Gasteiger charge is -2.05. The van der Waals surface area contributed by atoms with Gasteiger partial charge in [-0.15, -0.1) is 0 Å². The first kappa shape index (κ1) is 10.4. The molecule has 0 aliphatic rings. The van der Waals surface area contributed by atoms with Crippen LogP contribution in [0.1, 0.15) is 17.6 Å². The number of benzene rings is 1. The SMILES string of the molecule is Cc1cc(C(F)F)c(I)cc1Br. The smallest absolute Gasteiger partial charge is 0.205 e. The number of hydrogen-bond donors (Lipinski definition) is 0. The first-order valence-electron chi connectivity index (χ1n) is 3.26. The fraction of sp³-hybridized carbons (Fsp3) is 0.250. The van der Waals surface area contributed by atoms with Crippen LogP contribution in [0.5, 0.6) is 0 Å². The molecule has 0 N–H and O–H groups in total. The van der Waals surface area contributed by atoms with Crippen molar-refractivity contribution in [2.24, 2.45) is 0 Å². The number of aryl methyl sites for hydroxylation is 1. The van der Waals surface area contributed by atoms with Crippen LogP contribution in [0.3, 0.4) is 0 Å². The molecule has 1 aromatic carbocycles. The molecule has 1 aromatic rings. The Morgan fingerprint density at radius 2 is 2.00 bits per heavy atom. The Balaban J connectivity index is 3.23. The molecule has 4 heteroatoms. The third-order valence-corrected chi connectivity index (χ3v) is 3.30. The van der Waals surface area contributed by atoms with E-state index in [1.807, 2.05) is 22.6 Å². The van der Waals surface area contributed by atoms with Crippen molar-refractivity contribution in [1.82, 2.24) is 0 Å². The molecule has 0 aliphatic carbocycles. The Hall–Kier alpha value is 0.290. The molecule has 0 unspecified atom stereocenters. The van der Waals surface area contributed by atoms with Gasteiger partial charge < -0.3 is 0 Å². The number of hydrogen-bond acceptors (Lipinski definition) is 0. The largest absolute Gasteiger partial charge is 0.264 e. The summed E-state index contributed by atoms with van der Waals surface area (Å²) in [4.78, 5) is 0. The van der Waals surface area contributed by atoms with Crippen LogP contribution >= 0.6 is 38.5 Å². The van der Waals surface area contributed by atoms with Crippen LogP contribution in [0.2, 0.25) is 0 Å². The molecule has 1 rings (SSSR count). The van der Waals surface area contributed by atoms with Gasteiger partial charge in [0, 0.05) is 13.6 Å². The van der Waals surface area contributed by atoms with Crippen molar-refractivity contribution in [3.63, 3.8) is 0 Å². The quantitative estimate of drug-likeness (QED) is 0.665. The van der Waals surface area contributed by atoms with E-state index < -0.39 is 6.43 Å². The van der Waals surface area contributed by atoms with E-state index in [0.29, 0.717) is 3.57 Å². The molecule has 0 spiro atoms. The number of alkyl halides is 2. The molecule has 12 heavy (non-hydrogen) atoms. The van der Waals surface area contributed by atoms with Gasteiger partial charge in [0.1, 0.15) is 0 Å². The average molecular weight is 347 g/mol. The van der Waals surface area contributed by atoms with Gasteiger partial charge in [0.05, 0.1) is 0 Å². The van der Waals surface area contributed by atoms with Crippen molar-refractivity contribution in [3.05, 3.63) is 31.3 Å². The minimum atomic E-state index is -2.39. The molecular weight excluding hydrogens is 341 g/mol. The van der Waals surface area contributed by atoms with Gasteiger partial charge in [0.25, 0.3) is 6.43 Å². The summed E-state index contributed by atoms with van der Waals surface area (Å²) >= 11 is 5.19.